The second-order valence-electron chi connectivity index (χ2n) is 9.88. The summed E-state index contributed by atoms with van der Waals surface area (Å²) < 4.78 is 17.7. The van der Waals surface area contributed by atoms with E-state index in [1.165, 1.54) is 5.56 Å². The molecule has 4 aromatic rings. The first-order valence-corrected chi connectivity index (χ1v) is 12.8. The Morgan fingerprint density at radius 1 is 0.973 bits per heavy atom. The molecule has 0 saturated carbocycles. The summed E-state index contributed by atoms with van der Waals surface area (Å²) in [5, 5.41) is 11.5. The zero-order valence-corrected chi connectivity index (χ0v) is 22.2. The van der Waals surface area contributed by atoms with E-state index in [9.17, 15) is 9.90 Å². The lowest BCUT2D eigenvalue weighted by molar-refractivity contribution is -0.153. The highest BCUT2D eigenvalue weighted by Gasteiger charge is 2.22. The van der Waals surface area contributed by atoms with E-state index in [0.717, 1.165) is 39.1 Å². The van der Waals surface area contributed by atoms with Crippen LogP contribution in [-0.4, -0.2) is 34.9 Å². The number of rotatable bonds is 11. The maximum Gasteiger partial charge on any atom is 0.333 e. The number of carboxylic acid groups (broad SMARTS) is 1. The number of carboxylic acids is 1. The van der Waals surface area contributed by atoms with Gasteiger partial charge in [-0.15, -0.1) is 0 Å². The Kier molecular flexibility index (Phi) is 8.29. The van der Waals surface area contributed by atoms with Crippen molar-refractivity contribution in [2.45, 2.75) is 65.6 Å². The van der Waals surface area contributed by atoms with Gasteiger partial charge in [0.15, 0.2) is 6.10 Å². The van der Waals surface area contributed by atoms with Gasteiger partial charge >= 0.3 is 5.97 Å². The highest BCUT2D eigenvalue weighted by molar-refractivity contribution is 5.91. The van der Waals surface area contributed by atoms with Crippen molar-refractivity contribution in [3.63, 3.8) is 0 Å². The molecule has 1 atom stereocenters. The maximum absolute atomic E-state index is 11.7. The van der Waals surface area contributed by atoms with Crippen molar-refractivity contribution in [2.75, 3.05) is 6.61 Å². The van der Waals surface area contributed by atoms with Gasteiger partial charge in [-0.2, -0.15) is 0 Å². The fourth-order valence-electron chi connectivity index (χ4n) is 4.41. The molecule has 0 fully saturated rings. The van der Waals surface area contributed by atoms with E-state index >= 15 is 0 Å². The van der Waals surface area contributed by atoms with Crippen molar-refractivity contribution in [1.82, 2.24) is 4.98 Å². The van der Waals surface area contributed by atoms with Gasteiger partial charge in [0, 0.05) is 23.8 Å². The van der Waals surface area contributed by atoms with Crippen molar-refractivity contribution in [3.8, 4) is 17.2 Å². The molecule has 4 rings (SSSR count). The fraction of sp³-hybridized carbons (Fsp3) is 0.355. The van der Waals surface area contributed by atoms with E-state index in [1.54, 1.807) is 0 Å². The third-order valence-electron chi connectivity index (χ3n) is 6.40. The predicted octanol–water partition coefficient (Wildman–Crippen LogP) is 6.97. The van der Waals surface area contributed by atoms with Crippen LogP contribution in [-0.2, 0) is 22.4 Å². The van der Waals surface area contributed by atoms with E-state index in [4.69, 9.17) is 18.9 Å². The molecular formula is C31H35NO5. The summed E-state index contributed by atoms with van der Waals surface area (Å²) in [6.07, 6.45) is -0.178. The Hall–Kier alpha value is -3.64. The Morgan fingerprint density at radius 2 is 1.68 bits per heavy atom. The quantitative estimate of drug-likeness (QED) is 0.239. The highest BCUT2D eigenvalue weighted by Crippen LogP contribution is 2.30. The molecule has 37 heavy (non-hydrogen) atoms. The summed E-state index contributed by atoms with van der Waals surface area (Å²) in [6.45, 7) is 10.4. The first kappa shape index (κ1) is 26.4. The number of ether oxygens (including phenoxy) is 2. The van der Waals surface area contributed by atoms with Crippen molar-refractivity contribution in [2.24, 2.45) is 0 Å². The summed E-state index contributed by atoms with van der Waals surface area (Å²) in [7, 11) is 0. The molecule has 194 valence electrons. The molecule has 6 heteroatoms. The molecule has 0 bridgehead atoms. The monoisotopic (exact) mass is 501 g/mol. The third-order valence-corrected chi connectivity index (χ3v) is 6.40. The average molecular weight is 502 g/mol. The lowest BCUT2D eigenvalue weighted by atomic mass is 9.99. The first-order chi connectivity index (χ1) is 17.7. The minimum absolute atomic E-state index is 0.171. The van der Waals surface area contributed by atoms with Gasteiger partial charge in [-0.3, -0.25) is 0 Å². The van der Waals surface area contributed by atoms with Crippen LogP contribution in [0.4, 0.5) is 0 Å². The number of hydrogen-bond donors (Lipinski definition) is 1. The van der Waals surface area contributed by atoms with Crippen molar-refractivity contribution in [1.29, 1.82) is 0 Å². The summed E-state index contributed by atoms with van der Waals surface area (Å²) in [4.78, 5) is 16.4. The number of aromatic nitrogens is 1. The van der Waals surface area contributed by atoms with E-state index < -0.39 is 12.1 Å². The maximum atomic E-state index is 11.7. The summed E-state index contributed by atoms with van der Waals surface area (Å²) in [6, 6.07) is 20.1. The number of nitrogens with zero attached hydrogens (tertiary/aromatic N) is 1. The molecule has 1 N–H and O–H groups in total. The second kappa shape index (κ2) is 11.6. The molecule has 0 amide bonds. The van der Waals surface area contributed by atoms with Crippen LogP contribution < -0.4 is 4.74 Å². The number of benzene rings is 3. The summed E-state index contributed by atoms with van der Waals surface area (Å²) in [5.74, 6) is 1.67. The smallest absolute Gasteiger partial charge is 0.333 e. The number of aliphatic carboxylic acids is 1. The van der Waals surface area contributed by atoms with Crippen LogP contribution in [0.3, 0.4) is 0 Å². The molecular weight excluding hydrogens is 466 g/mol. The normalized spacial score (nSPS) is 12.4. The molecule has 0 radical (unpaired) electrons. The zero-order chi connectivity index (χ0) is 26.5. The minimum atomic E-state index is -0.962. The van der Waals surface area contributed by atoms with Gasteiger partial charge < -0.3 is 19.0 Å². The first-order valence-electron chi connectivity index (χ1n) is 12.8. The molecule has 0 aliphatic rings. The van der Waals surface area contributed by atoms with Gasteiger partial charge in [-0.25, -0.2) is 9.78 Å². The van der Waals surface area contributed by atoms with Gasteiger partial charge in [0.2, 0.25) is 5.89 Å². The molecule has 0 saturated heterocycles. The molecule has 1 heterocycles. The third kappa shape index (κ3) is 6.38. The predicted molar refractivity (Wildman–Crippen MR) is 145 cm³/mol. The van der Waals surface area contributed by atoms with Crippen molar-refractivity contribution in [3.05, 3.63) is 83.2 Å². The van der Waals surface area contributed by atoms with E-state index in [2.05, 4.69) is 38.1 Å². The SMILES string of the molecule is Cc1oc(-c2ccc(C(C)C)cc2)nc1CCOc1ccc(CC(OC(C)C)C(=O)O)c2ccccc12. The van der Waals surface area contributed by atoms with Gasteiger partial charge in [0.25, 0.3) is 0 Å². The van der Waals surface area contributed by atoms with E-state index in [0.29, 0.717) is 24.8 Å². The number of carbonyl (C=O) groups is 1. The highest BCUT2D eigenvalue weighted by atomic mass is 16.5. The molecule has 6 nitrogen and oxygen atoms in total. The van der Waals surface area contributed by atoms with Crippen LogP contribution >= 0.6 is 0 Å². The Bertz CT molecular complexity index is 1350. The van der Waals surface area contributed by atoms with E-state index in [1.807, 2.05) is 57.2 Å². The van der Waals surface area contributed by atoms with Crippen LogP contribution in [0.1, 0.15) is 56.2 Å². The topological polar surface area (TPSA) is 81.8 Å². The van der Waals surface area contributed by atoms with Gasteiger partial charge in [0.05, 0.1) is 18.4 Å². The molecule has 0 spiro atoms. The van der Waals surface area contributed by atoms with Crippen LogP contribution in [0.5, 0.6) is 5.75 Å². The number of oxazole rings is 1. The van der Waals surface area contributed by atoms with Gasteiger partial charge in [-0.1, -0.05) is 56.3 Å². The lowest BCUT2D eigenvalue weighted by Crippen LogP contribution is -2.29. The fourth-order valence-corrected chi connectivity index (χ4v) is 4.41. The average Bonchev–Trinajstić information content (AvgIpc) is 3.24. The van der Waals surface area contributed by atoms with Crippen LogP contribution in [0, 0.1) is 6.92 Å². The van der Waals surface area contributed by atoms with Crippen molar-refractivity contribution >= 4 is 16.7 Å². The minimum Gasteiger partial charge on any atom is -0.493 e. The zero-order valence-electron chi connectivity index (χ0n) is 22.2. The summed E-state index contributed by atoms with van der Waals surface area (Å²) in [5.41, 5.74) is 4.03. The van der Waals surface area contributed by atoms with Crippen LogP contribution in [0.25, 0.3) is 22.2 Å². The standard InChI is InChI=1S/C31H35NO5/c1-19(2)22-10-12-23(13-11-22)30-32-27(21(5)37-30)16-17-35-28-15-14-24(25-8-6-7-9-26(25)28)18-29(31(33)34)36-20(3)4/h6-15,19-20,29H,16-18H2,1-5H3,(H,33,34). The lowest BCUT2D eigenvalue weighted by Gasteiger charge is -2.18. The van der Waals surface area contributed by atoms with Crippen LogP contribution in [0.2, 0.25) is 0 Å². The Morgan fingerprint density at radius 3 is 2.32 bits per heavy atom. The van der Waals surface area contributed by atoms with Gasteiger partial charge in [-0.05, 0) is 61.4 Å². The number of hydrogen-bond acceptors (Lipinski definition) is 5. The summed E-state index contributed by atoms with van der Waals surface area (Å²) >= 11 is 0. The molecule has 3 aromatic carbocycles. The molecule has 1 unspecified atom stereocenters. The van der Waals surface area contributed by atoms with Crippen molar-refractivity contribution < 1.29 is 23.8 Å². The molecule has 0 aliphatic carbocycles. The largest absolute Gasteiger partial charge is 0.493 e. The Balaban J connectivity index is 1.47. The number of fused-ring (bicyclic) bond motifs is 1. The number of aryl methyl sites for hydroxylation is 1. The Labute approximate surface area is 218 Å². The molecule has 1 aromatic heterocycles. The molecule has 0 aliphatic heterocycles. The van der Waals surface area contributed by atoms with Gasteiger partial charge in [0.1, 0.15) is 11.5 Å². The van der Waals surface area contributed by atoms with Crippen LogP contribution in [0.15, 0.2) is 65.1 Å². The van der Waals surface area contributed by atoms with E-state index in [-0.39, 0.29) is 12.5 Å². The second-order valence-corrected chi connectivity index (χ2v) is 9.88.